The molecule has 1 aromatic carbocycles. The smallest absolute Gasteiger partial charge is 0.318 e. The van der Waals surface area contributed by atoms with Crippen LogP contribution < -0.4 is 10.7 Å². The molecule has 22 heavy (non-hydrogen) atoms. The monoisotopic (exact) mass is 312 g/mol. The maximum atomic E-state index is 11.7. The van der Waals surface area contributed by atoms with E-state index in [0.29, 0.717) is 12.1 Å². The zero-order valence-corrected chi connectivity index (χ0v) is 12.3. The standard InChI is InChI=1S/C15H12N4O2S/c16-8-7-11-3-5-12(6-4-11)18-14(20)15(21)19-17-10-13-2-1-9-22-13/h1-6,9-10H,7H2,(H,18,20)(H,19,21). The molecule has 0 saturated carbocycles. The molecular formula is C15H12N4O2S. The van der Waals surface area contributed by atoms with Gasteiger partial charge in [0.25, 0.3) is 0 Å². The highest BCUT2D eigenvalue weighted by Crippen LogP contribution is 2.09. The van der Waals surface area contributed by atoms with Gasteiger partial charge in [-0.1, -0.05) is 18.2 Å². The summed E-state index contributed by atoms with van der Waals surface area (Å²) in [4.78, 5) is 24.1. The highest BCUT2D eigenvalue weighted by molar-refractivity contribution is 7.11. The van der Waals surface area contributed by atoms with Crippen molar-refractivity contribution < 1.29 is 9.59 Å². The third kappa shape index (κ3) is 4.54. The number of benzene rings is 1. The summed E-state index contributed by atoms with van der Waals surface area (Å²) in [5.74, 6) is -1.66. The van der Waals surface area contributed by atoms with Crippen LogP contribution in [0, 0.1) is 11.3 Å². The number of hydrogen-bond acceptors (Lipinski definition) is 5. The van der Waals surface area contributed by atoms with Crippen molar-refractivity contribution in [2.24, 2.45) is 5.10 Å². The minimum atomic E-state index is -0.853. The summed E-state index contributed by atoms with van der Waals surface area (Å²) in [6.07, 6.45) is 1.76. The second-order valence-electron chi connectivity index (χ2n) is 4.20. The van der Waals surface area contributed by atoms with Crippen LogP contribution in [0.5, 0.6) is 0 Å². The molecule has 0 saturated heterocycles. The summed E-state index contributed by atoms with van der Waals surface area (Å²) in [6, 6.07) is 12.4. The Morgan fingerprint density at radius 2 is 2.00 bits per heavy atom. The quantitative estimate of drug-likeness (QED) is 0.513. The molecule has 0 bridgehead atoms. The van der Waals surface area contributed by atoms with Gasteiger partial charge in [0, 0.05) is 10.6 Å². The number of rotatable bonds is 4. The van der Waals surface area contributed by atoms with Crippen molar-refractivity contribution in [3.63, 3.8) is 0 Å². The molecule has 7 heteroatoms. The molecule has 0 aliphatic carbocycles. The van der Waals surface area contributed by atoms with Crippen molar-refractivity contribution in [3.05, 3.63) is 52.2 Å². The Kier molecular flexibility index (Phi) is 5.40. The van der Waals surface area contributed by atoms with Gasteiger partial charge in [0.15, 0.2) is 0 Å². The average Bonchev–Trinajstić information content (AvgIpc) is 3.02. The van der Waals surface area contributed by atoms with Gasteiger partial charge in [0.1, 0.15) is 0 Å². The van der Waals surface area contributed by atoms with Gasteiger partial charge in [-0.3, -0.25) is 9.59 Å². The first-order chi connectivity index (χ1) is 10.7. The van der Waals surface area contributed by atoms with Crippen LogP contribution in [0.1, 0.15) is 10.4 Å². The van der Waals surface area contributed by atoms with Gasteiger partial charge in [-0.15, -0.1) is 11.3 Å². The first-order valence-electron chi connectivity index (χ1n) is 6.33. The normalized spacial score (nSPS) is 10.1. The lowest BCUT2D eigenvalue weighted by Crippen LogP contribution is -2.32. The Morgan fingerprint density at radius 1 is 1.23 bits per heavy atom. The van der Waals surface area contributed by atoms with E-state index in [1.165, 1.54) is 17.6 Å². The Morgan fingerprint density at radius 3 is 2.64 bits per heavy atom. The molecule has 6 nitrogen and oxygen atoms in total. The van der Waals surface area contributed by atoms with Crippen LogP contribution in [0.25, 0.3) is 0 Å². The Labute approximate surface area is 131 Å². The molecule has 0 fully saturated rings. The van der Waals surface area contributed by atoms with Crippen LogP contribution in [0.3, 0.4) is 0 Å². The first-order valence-corrected chi connectivity index (χ1v) is 7.21. The molecule has 2 aromatic rings. The average molecular weight is 312 g/mol. The number of hydrogen-bond donors (Lipinski definition) is 2. The number of nitrogens with zero attached hydrogens (tertiary/aromatic N) is 2. The molecule has 1 heterocycles. The summed E-state index contributed by atoms with van der Waals surface area (Å²) in [7, 11) is 0. The molecule has 0 spiro atoms. The van der Waals surface area contributed by atoms with Crippen molar-refractivity contribution in [1.29, 1.82) is 5.26 Å². The van der Waals surface area contributed by atoms with Crippen LogP contribution in [0.15, 0.2) is 46.9 Å². The molecule has 110 valence electrons. The van der Waals surface area contributed by atoms with E-state index < -0.39 is 11.8 Å². The van der Waals surface area contributed by atoms with E-state index in [4.69, 9.17) is 5.26 Å². The van der Waals surface area contributed by atoms with E-state index >= 15 is 0 Å². The Bertz CT molecular complexity index is 715. The summed E-state index contributed by atoms with van der Waals surface area (Å²) in [5.41, 5.74) is 3.47. The second-order valence-corrected chi connectivity index (χ2v) is 5.18. The Balaban J connectivity index is 1.85. The van der Waals surface area contributed by atoms with Gasteiger partial charge >= 0.3 is 11.8 Å². The van der Waals surface area contributed by atoms with Crippen LogP contribution in [0.2, 0.25) is 0 Å². The molecule has 2 rings (SSSR count). The van der Waals surface area contributed by atoms with E-state index in [-0.39, 0.29) is 0 Å². The number of carbonyl (C=O) groups excluding carboxylic acids is 2. The van der Waals surface area contributed by atoms with Crippen LogP contribution in [-0.4, -0.2) is 18.0 Å². The van der Waals surface area contributed by atoms with E-state index in [0.717, 1.165) is 10.4 Å². The summed E-state index contributed by atoms with van der Waals surface area (Å²) in [5, 5.41) is 16.6. The highest BCUT2D eigenvalue weighted by Gasteiger charge is 2.12. The fraction of sp³-hybridized carbons (Fsp3) is 0.0667. The summed E-state index contributed by atoms with van der Waals surface area (Å²) >= 11 is 1.47. The predicted octanol–water partition coefficient (Wildman–Crippen LogP) is 1.90. The van der Waals surface area contributed by atoms with Gasteiger partial charge in [0.2, 0.25) is 0 Å². The number of nitrogens with one attached hydrogen (secondary N) is 2. The van der Waals surface area contributed by atoms with E-state index in [9.17, 15) is 9.59 Å². The lowest BCUT2D eigenvalue weighted by molar-refractivity contribution is -0.136. The Hall–Kier alpha value is -2.98. The molecule has 2 N–H and O–H groups in total. The number of anilines is 1. The molecule has 0 unspecified atom stereocenters. The highest BCUT2D eigenvalue weighted by atomic mass is 32.1. The van der Waals surface area contributed by atoms with Gasteiger partial charge in [-0.2, -0.15) is 10.4 Å². The molecule has 0 atom stereocenters. The molecule has 0 aliphatic heterocycles. The SMILES string of the molecule is N#CCc1ccc(NC(=O)C(=O)NN=Cc2cccs2)cc1. The number of hydrazone groups is 1. The number of nitriles is 1. The van der Waals surface area contributed by atoms with Crippen molar-refractivity contribution >= 4 is 35.1 Å². The minimum Gasteiger partial charge on any atom is -0.318 e. The first kappa shape index (κ1) is 15.4. The van der Waals surface area contributed by atoms with Crippen molar-refractivity contribution in [3.8, 4) is 6.07 Å². The maximum absolute atomic E-state index is 11.7. The molecule has 0 aliphatic rings. The fourth-order valence-electron chi connectivity index (χ4n) is 1.56. The van der Waals surface area contributed by atoms with Crippen molar-refractivity contribution in [2.45, 2.75) is 6.42 Å². The van der Waals surface area contributed by atoms with Crippen molar-refractivity contribution in [1.82, 2.24) is 5.43 Å². The fourth-order valence-corrected chi connectivity index (χ4v) is 2.14. The number of amides is 2. The maximum Gasteiger partial charge on any atom is 0.329 e. The van der Waals surface area contributed by atoms with E-state index in [2.05, 4.69) is 15.8 Å². The number of carbonyl (C=O) groups is 2. The minimum absolute atomic E-state index is 0.298. The van der Waals surface area contributed by atoms with Crippen LogP contribution in [-0.2, 0) is 16.0 Å². The van der Waals surface area contributed by atoms with E-state index in [1.54, 1.807) is 24.3 Å². The molecule has 1 aromatic heterocycles. The number of thiophene rings is 1. The second kappa shape index (κ2) is 7.71. The van der Waals surface area contributed by atoms with Crippen molar-refractivity contribution in [2.75, 3.05) is 5.32 Å². The van der Waals surface area contributed by atoms with Crippen LogP contribution in [0.4, 0.5) is 5.69 Å². The summed E-state index contributed by atoms with van der Waals surface area (Å²) < 4.78 is 0. The lowest BCUT2D eigenvalue weighted by atomic mass is 10.1. The molecule has 0 radical (unpaired) electrons. The third-order valence-corrected chi connectivity index (χ3v) is 3.41. The summed E-state index contributed by atoms with van der Waals surface area (Å²) in [6.45, 7) is 0. The van der Waals surface area contributed by atoms with Gasteiger partial charge < -0.3 is 5.32 Å². The van der Waals surface area contributed by atoms with Gasteiger partial charge in [0.05, 0.1) is 18.7 Å². The molecular weight excluding hydrogens is 300 g/mol. The van der Waals surface area contributed by atoms with E-state index in [1.807, 2.05) is 23.6 Å². The van der Waals surface area contributed by atoms with Gasteiger partial charge in [-0.05, 0) is 29.1 Å². The predicted molar refractivity (Wildman–Crippen MR) is 84.4 cm³/mol. The topological polar surface area (TPSA) is 94.4 Å². The zero-order valence-electron chi connectivity index (χ0n) is 11.4. The van der Waals surface area contributed by atoms with Crippen LogP contribution >= 0.6 is 11.3 Å². The van der Waals surface area contributed by atoms with Gasteiger partial charge in [-0.25, -0.2) is 5.43 Å². The molecule has 2 amide bonds. The zero-order chi connectivity index (χ0) is 15.8. The lowest BCUT2D eigenvalue weighted by Gasteiger charge is -2.04. The third-order valence-electron chi connectivity index (χ3n) is 2.60. The largest absolute Gasteiger partial charge is 0.329 e.